The van der Waals surface area contributed by atoms with Crippen LogP contribution in [0.2, 0.25) is 10.0 Å². The van der Waals surface area contributed by atoms with E-state index >= 15 is 0 Å². The van der Waals surface area contributed by atoms with Crippen LogP contribution >= 0.6 is 39.1 Å². The van der Waals surface area contributed by atoms with Gasteiger partial charge in [0.25, 0.3) is 11.8 Å². The second-order valence-corrected chi connectivity index (χ2v) is 10.00. The molecular weight excluding hydrogens is 611 g/mol. The molecule has 0 spiro atoms. The fraction of sp³-hybridized carbons (Fsp3) is 0.0833. The average molecular weight is 628 g/mol. The molecule has 0 saturated heterocycles. The second-order valence-electron chi connectivity index (χ2n) is 8.24. The molecule has 0 unspecified atom stereocenters. The van der Waals surface area contributed by atoms with Crippen LogP contribution < -0.4 is 11.1 Å². The molecule has 12 nitrogen and oxygen atoms in total. The highest BCUT2D eigenvalue weighted by atomic mass is 79.9. The summed E-state index contributed by atoms with van der Waals surface area (Å²) in [6.45, 7) is 1.78. The minimum absolute atomic E-state index is 0.0666. The van der Waals surface area contributed by atoms with Crippen LogP contribution in [0.4, 0.5) is 5.69 Å². The molecule has 0 fully saturated rings. The molecule has 2 amide bonds. The van der Waals surface area contributed by atoms with E-state index in [-0.39, 0.29) is 34.3 Å². The van der Waals surface area contributed by atoms with Crippen LogP contribution in [-0.4, -0.2) is 51.8 Å². The van der Waals surface area contributed by atoms with Gasteiger partial charge in [-0.25, -0.2) is 9.67 Å². The molecule has 39 heavy (non-hydrogen) atoms. The third-order valence-corrected chi connectivity index (χ3v) is 6.40. The quantitative estimate of drug-likeness (QED) is 0.273. The van der Waals surface area contributed by atoms with E-state index in [1.807, 2.05) is 6.07 Å². The smallest absolute Gasteiger partial charge is 0.274 e. The first-order valence-electron chi connectivity index (χ1n) is 11.2. The molecular formula is C24H17BrCl2N10O2. The van der Waals surface area contributed by atoms with Crippen molar-refractivity contribution in [1.29, 1.82) is 0 Å². The zero-order valence-electron chi connectivity index (χ0n) is 20.0. The van der Waals surface area contributed by atoms with Gasteiger partial charge in [-0.3, -0.25) is 14.6 Å². The van der Waals surface area contributed by atoms with Gasteiger partial charge in [-0.15, -0.1) is 10.2 Å². The number of tetrazole rings is 1. The molecule has 3 N–H and O–H groups in total. The molecule has 5 aromatic rings. The number of primary amides is 1. The lowest BCUT2D eigenvalue weighted by Crippen LogP contribution is -2.21. The lowest BCUT2D eigenvalue weighted by Gasteiger charge is -2.13. The Balaban J connectivity index is 1.51. The molecule has 0 bridgehead atoms. The van der Waals surface area contributed by atoms with Crippen molar-refractivity contribution < 1.29 is 9.59 Å². The maximum Gasteiger partial charge on any atom is 0.274 e. The number of carbonyl (C=O) groups excluding carboxylic acids is 2. The van der Waals surface area contributed by atoms with Gasteiger partial charge in [0.1, 0.15) is 12.2 Å². The summed E-state index contributed by atoms with van der Waals surface area (Å²) in [7, 11) is 0. The number of benzene rings is 1. The van der Waals surface area contributed by atoms with E-state index in [9.17, 15) is 9.59 Å². The number of nitrogens with two attached hydrogens (primary N) is 1. The maximum absolute atomic E-state index is 13.5. The third-order valence-electron chi connectivity index (χ3n) is 5.46. The van der Waals surface area contributed by atoms with Crippen LogP contribution in [0.1, 0.15) is 32.1 Å². The predicted octanol–water partition coefficient (Wildman–Crippen LogP) is 4.09. The maximum atomic E-state index is 13.5. The number of amides is 2. The molecule has 0 saturated carbocycles. The van der Waals surface area contributed by atoms with Crippen LogP contribution in [0.5, 0.6) is 0 Å². The molecule has 196 valence electrons. The van der Waals surface area contributed by atoms with Crippen LogP contribution in [-0.2, 0) is 6.54 Å². The number of halogens is 3. The summed E-state index contributed by atoms with van der Waals surface area (Å²) in [6, 6.07) is 9.63. The van der Waals surface area contributed by atoms with Crippen molar-refractivity contribution in [3.8, 4) is 17.2 Å². The monoisotopic (exact) mass is 626 g/mol. The van der Waals surface area contributed by atoms with Crippen molar-refractivity contribution in [3.63, 3.8) is 0 Å². The third kappa shape index (κ3) is 5.65. The average Bonchev–Trinajstić information content (AvgIpc) is 3.53. The van der Waals surface area contributed by atoms with Crippen molar-refractivity contribution in [2.45, 2.75) is 13.5 Å². The van der Waals surface area contributed by atoms with Crippen molar-refractivity contribution >= 4 is 56.6 Å². The number of anilines is 1. The molecule has 5 rings (SSSR count). The minimum atomic E-state index is -0.744. The summed E-state index contributed by atoms with van der Waals surface area (Å²) in [4.78, 5) is 35.3. The number of carbonyl (C=O) groups is 2. The van der Waals surface area contributed by atoms with Crippen molar-refractivity contribution in [1.82, 2.24) is 40.0 Å². The van der Waals surface area contributed by atoms with Gasteiger partial charge in [0.05, 0.1) is 22.0 Å². The first-order valence-corrected chi connectivity index (χ1v) is 12.7. The number of hydrogen-bond donors (Lipinski definition) is 2. The Bertz CT molecular complexity index is 1740. The molecule has 4 aromatic heterocycles. The first kappa shape index (κ1) is 26.4. The predicted molar refractivity (Wildman–Crippen MR) is 147 cm³/mol. The van der Waals surface area contributed by atoms with Crippen LogP contribution in [0, 0.1) is 6.92 Å². The van der Waals surface area contributed by atoms with Gasteiger partial charge in [0, 0.05) is 33.6 Å². The Morgan fingerprint density at radius 3 is 2.69 bits per heavy atom. The minimum Gasteiger partial charge on any atom is -0.366 e. The Morgan fingerprint density at radius 2 is 1.95 bits per heavy atom. The Kier molecular flexibility index (Phi) is 7.37. The Hall–Kier alpha value is -4.20. The number of aromatic nitrogens is 8. The number of nitrogens with zero attached hydrogens (tertiary/aromatic N) is 8. The van der Waals surface area contributed by atoms with Gasteiger partial charge in [-0.05, 0) is 70.0 Å². The summed E-state index contributed by atoms with van der Waals surface area (Å²) >= 11 is 15.8. The molecule has 0 aliphatic rings. The molecule has 15 heteroatoms. The van der Waals surface area contributed by atoms with E-state index in [1.54, 1.807) is 43.6 Å². The number of hydrogen-bond acceptors (Lipinski definition) is 8. The highest BCUT2D eigenvalue weighted by Crippen LogP contribution is 2.27. The number of rotatable bonds is 7. The Morgan fingerprint density at radius 1 is 1.13 bits per heavy atom. The fourth-order valence-electron chi connectivity index (χ4n) is 3.75. The van der Waals surface area contributed by atoms with E-state index in [4.69, 9.17) is 28.9 Å². The molecule has 0 radical (unpaired) electrons. The summed E-state index contributed by atoms with van der Waals surface area (Å²) < 4.78 is 2.08. The van der Waals surface area contributed by atoms with Crippen LogP contribution in [0.3, 0.4) is 0 Å². The van der Waals surface area contributed by atoms with E-state index in [2.05, 4.69) is 51.7 Å². The lowest BCUT2D eigenvalue weighted by atomic mass is 10.1. The zero-order valence-corrected chi connectivity index (χ0v) is 23.1. The SMILES string of the molecule is Cc1cc(Cl)cc(C(N)=O)c1NC(=O)c1cc(Cn2nnc(-c3cncc(Br)c3)n2)nn1-c1ncccc1Cl. The number of pyridine rings is 2. The van der Waals surface area contributed by atoms with Gasteiger partial charge in [-0.1, -0.05) is 23.2 Å². The molecule has 0 aliphatic heterocycles. The molecule has 1 aromatic carbocycles. The number of nitrogens with one attached hydrogen (secondary N) is 1. The Labute approximate surface area is 239 Å². The van der Waals surface area contributed by atoms with Gasteiger partial charge in [0.15, 0.2) is 5.82 Å². The van der Waals surface area contributed by atoms with Crippen molar-refractivity contribution in [3.05, 3.63) is 92.0 Å². The zero-order chi connectivity index (χ0) is 27.7. The summed E-state index contributed by atoms with van der Waals surface area (Å²) in [6.07, 6.45) is 4.79. The number of aryl methyl sites for hydroxylation is 1. The van der Waals surface area contributed by atoms with E-state index in [1.165, 1.54) is 21.7 Å². The molecule has 0 aliphatic carbocycles. The van der Waals surface area contributed by atoms with Gasteiger partial charge < -0.3 is 11.1 Å². The van der Waals surface area contributed by atoms with Gasteiger partial charge in [-0.2, -0.15) is 9.90 Å². The first-order chi connectivity index (χ1) is 18.7. The molecule has 4 heterocycles. The molecule has 0 atom stereocenters. The van der Waals surface area contributed by atoms with Crippen molar-refractivity contribution in [2.75, 3.05) is 5.32 Å². The highest BCUT2D eigenvalue weighted by molar-refractivity contribution is 9.10. The topological polar surface area (TPSA) is 159 Å². The largest absolute Gasteiger partial charge is 0.366 e. The highest BCUT2D eigenvalue weighted by Gasteiger charge is 2.23. The van der Waals surface area contributed by atoms with E-state index < -0.39 is 11.8 Å². The van der Waals surface area contributed by atoms with Crippen LogP contribution in [0.15, 0.2) is 59.5 Å². The van der Waals surface area contributed by atoms with Gasteiger partial charge >= 0.3 is 0 Å². The van der Waals surface area contributed by atoms with Crippen molar-refractivity contribution in [2.24, 2.45) is 5.73 Å². The standard InChI is InChI=1S/C24H17BrCl2N10O2/c1-12-5-15(26)7-17(21(28)38)20(12)31-24(39)19-8-16(33-37(19)23-18(27)3-2-4-30-23)11-36-34-22(32-35-36)13-6-14(25)10-29-9-13/h2-10H,11H2,1H3,(H2,28,38)(H,31,39). The van der Waals surface area contributed by atoms with Crippen LogP contribution in [0.25, 0.3) is 17.2 Å². The normalized spacial score (nSPS) is 11.0. The van der Waals surface area contributed by atoms with E-state index in [0.717, 1.165) is 4.47 Å². The second kappa shape index (κ2) is 10.9. The van der Waals surface area contributed by atoms with E-state index in [0.29, 0.717) is 27.7 Å². The van der Waals surface area contributed by atoms with Gasteiger partial charge in [0.2, 0.25) is 5.82 Å². The lowest BCUT2D eigenvalue weighted by molar-refractivity contribution is 0.100. The summed E-state index contributed by atoms with van der Waals surface area (Å²) in [5.41, 5.74) is 7.55. The summed E-state index contributed by atoms with van der Waals surface area (Å²) in [5, 5.41) is 20.4. The summed E-state index contributed by atoms with van der Waals surface area (Å²) in [5.74, 6) is -0.737. The fourth-order valence-corrected chi connectivity index (χ4v) is 4.59.